The van der Waals surface area contributed by atoms with Gasteiger partial charge in [0.2, 0.25) is 0 Å². The largest absolute Gasteiger partial charge is 0.460 e. The van der Waals surface area contributed by atoms with E-state index in [9.17, 15) is 4.79 Å². The fourth-order valence-electron chi connectivity index (χ4n) is 5.84. The lowest BCUT2D eigenvalue weighted by molar-refractivity contribution is -0.156. The van der Waals surface area contributed by atoms with Gasteiger partial charge in [-0.25, -0.2) is 9.97 Å². The van der Waals surface area contributed by atoms with E-state index >= 15 is 0 Å². The summed E-state index contributed by atoms with van der Waals surface area (Å²) >= 11 is 0. The summed E-state index contributed by atoms with van der Waals surface area (Å²) in [5.74, 6) is 1.35. The molecule has 0 bridgehead atoms. The van der Waals surface area contributed by atoms with Gasteiger partial charge in [0.25, 0.3) is 0 Å². The third-order valence-electron chi connectivity index (χ3n) is 8.71. The molecule has 1 aromatic carbocycles. The van der Waals surface area contributed by atoms with Crippen LogP contribution in [0.3, 0.4) is 0 Å². The van der Waals surface area contributed by atoms with Crippen LogP contribution in [0, 0.1) is 0 Å². The molecule has 15 nitrogen and oxygen atoms in total. The van der Waals surface area contributed by atoms with E-state index in [1.54, 1.807) is 0 Å². The molecule has 0 unspecified atom stereocenters. The zero-order chi connectivity index (χ0) is 41.0. The van der Waals surface area contributed by atoms with Crippen molar-refractivity contribution in [3.05, 3.63) is 30.1 Å². The number of carbonyl (C=O) groups is 1. The second kappa shape index (κ2) is 29.3. The number of fused-ring (bicyclic) bond motifs is 3. The minimum absolute atomic E-state index is 0.232. The van der Waals surface area contributed by atoms with Crippen LogP contribution in [-0.4, -0.2) is 157 Å². The van der Waals surface area contributed by atoms with Crippen LogP contribution >= 0.6 is 0 Å². The van der Waals surface area contributed by atoms with Crippen molar-refractivity contribution in [3.63, 3.8) is 0 Å². The number of esters is 1. The second-order valence-corrected chi connectivity index (χ2v) is 14.7. The minimum atomic E-state index is -0.475. The van der Waals surface area contributed by atoms with Gasteiger partial charge >= 0.3 is 5.97 Å². The number of anilines is 1. The van der Waals surface area contributed by atoms with Gasteiger partial charge in [-0.2, -0.15) is 0 Å². The number of rotatable bonds is 35. The van der Waals surface area contributed by atoms with Crippen molar-refractivity contribution in [1.29, 1.82) is 0 Å². The summed E-state index contributed by atoms with van der Waals surface area (Å²) in [6.45, 7) is 18.4. The molecule has 0 saturated heterocycles. The molecule has 0 aliphatic carbocycles. The van der Waals surface area contributed by atoms with Crippen LogP contribution in [-0.2, 0) is 60.4 Å². The summed E-state index contributed by atoms with van der Waals surface area (Å²) in [7, 11) is 2.14. The number of benzene rings is 1. The van der Waals surface area contributed by atoms with E-state index in [0.29, 0.717) is 112 Å². The van der Waals surface area contributed by atoms with Gasteiger partial charge in [-0.05, 0) is 59.7 Å². The van der Waals surface area contributed by atoms with Crippen molar-refractivity contribution >= 4 is 33.7 Å². The normalized spacial score (nSPS) is 12.1. The zero-order valence-electron chi connectivity index (χ0n) is 35.4. The molecule has 0 fully saturated rings. The number of likely N-dealkylation sites (N-methyl/N-ethyl adjacent to an activating group) is 1. The fraction of sp³-hybridized carbons (Fsp3) is 0.738. The molecule has 3 aromatic rings. The molecule has 3 rings (SSSR count). The summed E-state index contributed by atoms with van der Waals surface area (Å²) < 4.78 is 51.9. The SMILES string of the molecule is CCCCc1nc2c(N)nc3ccccc3c2n1CCCCN(C)CCOCCOCCOCCOCCOCCOCCOCCOCCC(=O)OC(C)(C)C. The molecule has 0 atom stereocenters. The smallest absolute Gasteiger partial charge is 0.308 e. The van der Waals surface area contributed by atoms with E-state index in [2.05, 4.69) is 40.6 Å². The molecule has 324 valence electrons. The van der Waals surface area contributed by atoms with Gasteiger partial charge in [-0.3, -0.25) is 4.79 Å². The first kappa shape index (κ1) is 48.4. The highest BCUT2D eigenvalue weighted by atomic mass is 16.6. The average molecular weight is 806 g/mol. The Bertz CT molecular complexity index is 1500. The molecule has 15 heteroatoms. The third-order valence-corrected chi connectivity index (χ3v) is 8.71. The van der Waals surface area contributed by atoms with Crippen LogP contribution in [0.1, 0.15) is 65.6 Å². The van der Waals surface area contributed by atoms with E-state index in [0.717, 1.165) is 79.5 Å². The van der Waals surface area contributed by atoms with Crippen molar-refractivity contribution in [2.45, 2.75) is 78.4 Å². The molecule has 57 heavy (non-hydrogen) atoms. The van der Waals surface area contributed by atoms with E-state index < -0.39 is 5.60 Å². The molecule has 0 amide bonds. The summed E-state index contributed by atoms with van der Waals surface area (Å²) in [5.41, 5.74) is 8.73. The summed E-state index contributed by atoms with van der Waals surface area (Å²) in [6.07, 6.45) is 5.53. The van der Waals surface area contributed by atoms with Gasteiger partial charge in [-0.1, -0.05) is 31.5 Å². The topological polar surface area (TPSA) is 160 Å². The highest BCUT2D eigenvalue weighted by Crippen LogP contribution is 2.29. The zero-order valence-corrected chi connectivity index (χ0v) is 35.4. The first-order valence-electron chi connectivity index (χ1n) is 20.7. The van der Waals surface area contributed by atoms with Crippen LogP contribution in [0.4, 0.5) is 5.82 Å². The maximum atomic E-state index is 11.6. The molecule has 0 saturated carbocycles. The first-order chi connectivity index (χ1) is 27.7. The Morgan fingerprint density at radius 2 is 1.19 bits per heavy atom. The van der Waals surface area contributed by atoms with E-state index in [1.807, 2.05) is 32.9 Å². The van der Waals surface area contributed by atoms with Gasteiger partial charge in [0.05, 0.1) is 123 Å². The predicted octanol–water partition coefficient (Wildman–Crippen LogP) is 5.09. The van der Waals surface area contributed by atoms with Gasteiger partial charge in [0.15, 0.2) is 5.82 Å². The van der Waals surface area contributed by atoms with Crippen LogP contribution < -0.4 is 5.73 Å². The highest BCUT2D eigenvalue weighted by Gasteiger charge is 2.17. The number of para-hydroxylation sites is 1. The maximum Gasteiger partial charge on any atom is 0.308 e. The molecular weight excluding hydrogens is 734 g/mol. The Balaban J connectivity index is 1.05. The average Bonchev–Trinajstić information content (AvgIpc) is 3.55. The van der Waals surface area contributed by atoms with Crippen molar-refractivity contribution in [2.24, 2.45) is 0 Å². The van der Waals surface area contributed by atoms with Crippen LogP contribution in [0.25, 0.3) is 21.9 Å². The number of hydrogen-bond acceptors (Lipinski definition) is 14. The van der Waals surface area contributed by atoms with E-state index in [-0.39, 0.29) is 12.4 Å². The van der Waals surface area contributed by atoms with Crippen LogP contribution in [0.15, 0.2) is 24.3 Å². The maximum absolute atomic E-state index is 11.6. The van der Waals surface area contributed by atoms with Crippen LogP contribution in [0.5, 0.6) is 0 Å². The number of pyridine rings is 1. The molecule has 2 N–H and O–H groups in total. The number of imidazole rings is 1. The Hall–Kier alpha value is -2.99. The Labute approximate surface area is 340 Å². The molecule has 0 radical (unpaired) electrons. The number of hydrogen-bond donors (Lipinski definition) is 1. The molecular formula is C42H71N5O10. The quantitative estimate of drug-likeness (QED) is 0.0619. The fourth-order valence-corrected chi connectivity index (χ4v) is 5.84. The first-order valence-corrected chi connectivity index (χ1v) is 20.7. The Morgan fingerprint density at radius 3 is 1.72 bits per heavy atom. The van der Waals surface area contributed by atoms with Crippen molar-refractivity contribution in [3.8, 4) is 0 Å². The lowest BCUT2D eigenvalue weighted by atomic mass is 10.1. The Morgan fingerprint density at radius 1 is 0.684 bits per heavy atom. The van der Waals surface area contributed by atoms with Gasteiger partial charge in [-0.15, -0.1) is 0 Å². The van der Waals surface area contributed by atoms with E-state index in [4.69, 9.17) is 53.3 Å². The van der Waals surface area contributed by atoms with Gasteiger partial charge < -0.3 is 57.8 Å². The summed E-state index contributed by atoms with van der Waals surface area (Å²) in [4.78, 5) is 23.5. The molecule has 2 heterocycles. The molecule has 2 aromatic heterocycles. The number of unbranched alkanes of at least 4 members (excludes halogenated alkanes) is 2. The molecule has 0 aliphatic rings. The highest BCUT2D eigenvalue weighted by molar-refractivity contribution is 6.06. The van der Waals surface area contributed by atoms with E-state index in [1.165, 1.54) is 0 Å². The van der Waals surface area contributed by atoms with Crippen LogP contribution in [0.2, 0.25) is 0 Å². The number of aromatic nitrogens is 3. The number of aryl methyl sites for hydroxylation is 2. The number of carbonyl (C=O) groups excluding carboxylic acids is 1. The minimum Gasteiger partial charge on any atom is -0.460 e. The lowest BCUT2D eigenvalue weighted by Crippen LogP contribution is -2.25. The standard InChI is InChI=1S/C42H71N5O10/c1-6-7-14-37-45-39-40(35-12-8-9-13-36(35)44-41(39)43)47(37)17-11-10-16-46(5)18-20-50-22-24-52-26-28-54-30-32-56-34-33-55-31-29-53-27-25-51-23-21-49-19-15-38(48)57-42(2,3)4/h8-9,12-13H,6-7,10-11,14-34H2,1-5H3,(H2,43,44). The third kappa shape index (κ3) is 21.0. The predicted molar refractivity (Wildman–Crippen MR) is 222 cm³/mol. The number of ether oxygens (including phenoxy) is 9. The summed E-state index contributed by atoms with van der Waals surface area (Å²) in [6, 6.07) is 8.20. The number of nitrogens with two attached hydrogens (primary N) is 1. The Kier molecular flexibility index (Phi) is 24.8. The van der Waals surface area contributed by atoms with Gasteiger partial charge in [0.1, 0.15) is 16.9 Å². The number of nitrogens with zero attached hydrogens (tertiary/aromatic N) is 4. The van der Waals surface area contributed by atoms with Crippen molar-refractivity contribution in [1.82, 2.24) is 19.4 Å². The van der Waals surface area contributed by atoms with Gasteiger partial charge in [0, 0.05) is 24.9 Å². The number of nitrogen functional groups attached to an aromatic ring is 1. The van der Waals surface area contributed by atoms with Crippen molar-refractivity contribution in [2.75, 3.05) is 132 Å². The second-order valence-electron chi connectivity index (χ2n) is 14.7. The lowest BCUT2D eigenvalue weighted by Gasteiger charge is -2.19. The monoisotopic (exact) mass is 806 g/mol. The molecule has 0 spiro atoms. The van der Waals surface area contributed by atoms with Crippen molar-refractivity contribution < 1.29 is 47.4 Å². The molecule has 0 aliphatic heterocycles. The summed E-state index contributed by atoms with van der Waals surface area (Å²) in [5, 5.41) is 1.11.